The van der Waals surface area contributed by atoms with E-state index in [0.29, 0.717) is 31.0 Å². The molecule has 2 rings (SSSR count). The van der Waals surface area contributed by atoms with Crippen LogP contribution >= 0.6 is 0 Å². The smallest absolute Gasteiger partial charge is 0.313 e. The second-order valence-electron chi connectivity index (χ2n) is 3.42. The number of hydrazine groups is 1. The average Bonchev–Trinajstić information content (AvgIpc) is 2.73. The van der Waals surface area contributed by atoms with Crippen LogP contribution in [-0.4, -0.2) is 11.5 Å². The summed E-state index contributed by atoms with van der Waals surface area (Å²) >= 11 is 0. The summed E-state index contributed by atoms with van der Waals surface area (Å²) in [6.07, 6.45) is 1.18. The van der Waals surface area contributed by atoms with Gasteiger partial charge >= 0.3 is 6.01 Å². The Bertz CT molecular complexity index is 481. The van der Waals surface area contributed by atoms with Crippen LogP contribution in [0.1, 0.15) is 12.8 Å². The molecule has 2 aromatic rings. The molecule has 5 heteroatoms. The third-order valence-corrected chi connectivity index (χ3v) is 2.22. The van der Waals surface area contributed by atoms with Gasteiger partial charge in [0.15, 0.2) is 5.58 Å². The zero-order chi connectivity index (χ0) is 11.4. The second kappa shape index (κ2) is 4.64. The average molecular weight is 216 g/mol. The lowest BCUT2D eigenvalue weighted by Crippen LogP contribution is -2.31. The van der Waals surface area contributed by atoms with Crippen LogP contribution in [0.3, 0.4) is 0 Å². The minimum atomic E-state index is 0.388. The third kappa shape index (κ3) is 2.12. The van der Waals surface area contributed by atoms with Gasteiger partial charge in [0.2, 0.25) is 0 Å². The fourth-order valence-electron chi connectivity index (χ4n) is 1.41. The molecule has 5 nitrogen and oxygen atoms in total. The lowest BCUT2D eigenvalue weighted by molar-refractivity contribution is 0.566. The van der Waals surface area contributed by atoms with Crippen molar-refractivity contribution in [3.05, 3.63) is 24.3 Å². The lowest BCUT2D eigenvalue weighted by atomic mass is 10.3. The number of benzene rings is 1. The minimum absolute atomic E-state index is 0.388. The SMILES string of the molecule is N#CCCCN(N)c1nc2ccccc2o1. The summed E-state index contributed by atoms with van der Waals surface area (Å²) in [4.78, 5) is 4.24. The molecular weight excluding hydrogens is 204 g/mol. The Hall–Kier alpha value is -2.06. The Morgan fingerprint density at radius 2 is 2.25 bits per heavy atom. The van der Waals surface area contributed by atoms with Crippen molar-refractivity contribution in [2.75, 3.05) is 11.6 Å². The van der Waals surface area contributed by atoms with Gasteiger partial charge in [-0.2, -0.15) is 10.2 Å². The maximum absolute atomic E-state index is 8.42. The highest BCUT2D eigenvalue weighted by atomic mass is 16.4. The van der Waals surface area contributed by atoms with Gasteiger partial charge in [0, 0.05) is 13.0 Å². The zero-order valence-corrected chi connectivity index (χ0v) is 8.76. The van der Waals surface area contributed by atoms with Crippen molar-refractivity contribution in [3.8, 4) is 6.07 Å². The van der Waals surface area contributed by atoms with E-state index < -0.39 is 0 Å². The van der Waals surface area contributed by atoms with Crippen molar-refractivity contribution >= 4 is 17.1 Å². The number of para-hydroxylation sites is 2. The molecule has 0 radical (unpaired) electrons. The number of hydrogen-bond donors (Lipinski definition) is 1. The third-order valence-electron chi connectivity index (χ3n) is 2.22. The van der Waals surface area contributed by atoms with Crippen molar-refractivity contribution in [2.24, 2.45) is 5.84 Å². The molecule has 16 heavy (non-hydrogen) atoms. The zero-order valence-electron chi connectivity index (χ0n) is 8.76. The highest BCUT2D eigenvalue weighted by Gasteiger charge is 2.09. The topological polar surface area (TPSA) is 79.1 Å². The maximum Gasteiger partial charge on any atom is 0.313 e. The molecule has 2 N–H and O–H groups in total. The van der Waals surface area contributed by atoms with E-state index in [1.807, 2.05) is 24.3 Å². The number of unbranched alkanes of at least 4 members (excludes halogenated alkanes) is 1. The van der Waals surface area contributed by atoms with E-state index in [9.17, 15) is 0 Å². The monoisotopic (exact) mass is 216 g/mol. The summed E-state index contributed by atoms with van der Waals surface area (Å²) in [6.45, 7) is 0.556. The van der Waals surface area contributed by atoms with E-state index >= 15 is 0 Å². The van der Waals surface area contributed by atoms with Crippen molar-refractivity contribution in [1.29, 1.82) is 5.26 Å². The Balaban J connectivity index is 2.11. The minimum Gasteiger partial charge on any atom is -0.422 e. The van der Waals surface area contributed by atoms with E-state index in [1.54, 1.807) is 0 Å². The van der Waals surface area contributed by atoms with E-state index in [0.717, 1.165) is 5.52 Å². The Kier molecular flexibility index (Phi) is 3.03. The molecule has 0 unspecified atom stereocenters. The first-order valence-corrected chi connectivity index (χ1v) is 5.06. The molecule has 0 saturated heterocycles. The number of oxazole rings is 1. The number of hydrogen-bond acceptors (Lipinski definition) is 5. The first-order chi connectivity index (χ1) is 7.81. The maximum atomic E-state index is 8.42. The van der Waals surface area contributed by atoms with Gasteiger partial charge in [0.05, 0.1) is 6.07 Å². The van der Waals surface area contributed by atoms with Gasteiger partial charge < -0.3 is 4.42 Å². The number of fused-ring (bicyclic) bond motifs is 1. The van der Waals surface area contributed by atoms with E-state index in [2.05, 4.69) is 11.1 Å². The number of nitrogens with two attached hydrogens (primary N) is 1. The molecule has 0 saturated carbocycles. The number of rotatable bonds is 4. The second-order valence-corrected chi connectivity index (χ2v) is 3.42. The summed E-state index contributed by atoms with van der Waals surface area (Å²) in [5.74, 6) is 5.77. The van der Waals surface area contributed by atoms with Crippen LogP contribution in [0.15, 0.2) is 28.7 Å². The van der Waals surface area contributed by atoms with Crippen molar-refractivity contribution in [2.45, 2.75) is 12.8 Å². The predicted molar refractivity (Wildman–Crippen MR) is 60.4 cm³/mol. The predicted octanol–water partition coefficient (Wildman–Crippen LogP) is 1.81. The van der Waals surface area contributed by atoms with Gasteiger partial charge in [-0.25, -0.2) is 5.84 Å². The molecule has 0 aliphatic carbocycles. The van der Waals surface area contributed by atoms with Crippen LogP contribution in [0.5, 0.6) is 0 Å². The molecule has 0 aliphatic heterocycles. The number of nitriles is 1. The van der Waals surface area contributed by atoms with E-state index in [1.165, 1.54) is 5.01 Å². The van der Waals surface area contributed by atoms with Gasteiger partial charge in [0.25, 0.3) is 0 Å². The van der Waals surface area contributed by atoms with E-state index in [4.69, 9.17) is 15.5 Å². The molecule has 0 aliphatic rings. The van der Waals surface area contributed by atoms with Crippen LogP contribution < -0.4 is 10.9 Å². The van der Waals surface area contributed by atoms with E-state index in [-0.39, 0.29) is 0 Å². The molecule has 1 heterocycles. The fourth-order valence-corrected chi connectivity index (χ4v) is 1.41. The Morgan fingerprint density at radius 3 is 3.00 bits per heavy atom. The summed E-state index contributed by atoms with van der Waals surface area (Å²) in [5, 5.41) is 9.84. The molecule has 0 atom stereocenters. The van der Waals surface area contributed by atoms with Gasteiger partial charge in [-0.3, -0.25) is 5.01 Å². The van der Waals surface area contributed by atoms with Crippen LogP contribution in [0.2, 0.25) is 0 Å². The van der Waals surface area contributed by atoms with Crippen LogP contribution in [0, 0.1) is 11.3 Å². The van der Waals surface area contributed by atoms with Crippen LogP contribution in [-0.2, 0) is 0 Å². The summed E-state index contributed by atoms with van der Waals surface area (Å²) in [6, 6.07) is 9.94. The van der Waals surface area contributed by atoms with Crippen molar-refractivity contribution in [1.82, 2.24) is 4.98 Å². The molecule has 0 spiro atoms. The molecule has 0 amide bonds. The highest BCUT2D eigenvalue weighted by molar-refractivity contribution is 5.74. The van der Waals surface area contributed by atoms with Crippen molar-refractivity contribution < 1.29 is 4.42 Å². The molecule has 1 aromatic carbocycles. The molecule has 0 fully saturated rings. The standard InChI is InChI=1S/C11H12N4O/c12-7-3-4-8-15(13)11-14-9-5-1-2-6-10(9)16-11/h1-2,5-6H,3-4,8,13H2. The molecule has 1 aromatic heterocycles. The first kappa shape index (κ1) is 10.5. The van der Waals surface area contributed by atoms with Crippen LogP contribution in [0.4, 0.5) is 6.01 Å². The van der Waals surface area contributed by atoms with Gasteiger partial charge in [-0.1, -0.05) is 12.1 Å². The number of anilines is 1. The Morgan fingerprint density at radius 1 is 1.44 bits per heavy atom. The first-order valence-electron chi connectivity index (χ1n) is 5.06. The molecular formula is C11H12N4O. The Labute approximate surface area is 93.0 Å². The summed E-state index contributed by atoms with van der Waals surface area (Å²) in [5.41, 5.74) is 1.50. The number of aromatic nitrogens is 1. The van der Waals surface area contributed by atoms with Gasteiger partial charge in [-0.05, 0) is 18.6 Å². The van der Waals surface area contributed by atoms with Crippen molar-refractivity contribution in [3.63, 3.8) is 0 Å². The summed E-state index contributed by atoms with van der Waals surface area (Å²) < 4.78 is 5.47. The fraction of sp³-hybridized carbons (Fsp3) is 0.273. The normalized spacial score (nSPS) is 10.2. The van der Waals surface area contributed by atoms with Gasteiger partial charge in [-0.15, -0.1) is 0 Å². The van der Waals surface area contributed by atoms with Gasteiger partial charge in [0.1, 0.15) is 5.52 Å². The van der Waals surface area contributed by atoms with Crippen LogP contribution in [0.25, 0.3) is 11.1 Å². The number of nitrogens with zero attached hydrogens (tertiary/aromatic N) is 3. The lowest BCUT2D eigenvalue weighted by Gasteiger charge is -2.11. The summed E-state index contributed by atoms with van der Waals surface area (Å²) in [7, 11) is 0. The molecule has 82 valence electrons. The highest BCUT2D eigenvalue weighted by Crippen LogP contribution is 2.19. The molecule has 0 bridgehead atoms. The largest absolute Gasteiger partial charge is 0.422 e. The quantitative estimate of drug-likeness (QED) is 0.479.